The van der Waals surface area contributed by atoms with Crippen LogP contribution in [0.25, 0.3) is 27.6 Å². The molecule has 8 rings (SSSR count). The molecule has 4 aromatic heterocycles. The predicted octanol–water partition coefficient (Wildman–Crippen LogP) is 5.59. The average molecular weight is 644 g/mol. The lowest BCUT2D eigenvalue weighted by Crippen LogP contribution is -2.31. The molecule has 1 fully saturated rings. The maximum Gasteiger partial charge on any atom is 0.337 e. The van der Waals surface area contributed by atoms with Crippen molar-refractivity contribution in [2.75, 3.05) is 18.6 Å². The molecular weight excluding hydrogens is 614 g/mol. The van der Waals surface area contributed by atoms with Gasteiger partial charge in [0.1, 0.15) is 11.8 Å². The van der Waals surface area contributed by atoms with E-state index in [2.05, 4.69) is 10.2 Å². The molecule has 240 valence electrons. The summed E-state index contributed by atoms with van der Waals surface area (Å²) in [5, 5.41) is 10.4. The number of imide groups is 1. The number of anilines is 1. The number of hydrogen-bond acceptors (Lipinski definition) is 10. The lowest BCUT2D eigenvalue weighted by Gasteiger charge is -2.24. The minimum atomic E-state index is -0.749. The van der Waals surface area contributed by atoms with E-state index < -0.39 is 23.9 Å². The Balaban J connectivity index is 1.27. The fraction of sp³-hybridized carbons (Fsp3) is 0.229. The van der Waals surface area contributed by atoms with E-state index in [9.17, 15) is 14.4 Å². The van der Waals surface area contributed by atoms with E-state index in [4.69, 9.17) is 24.2 Å². The maximum absolute atomic E-state index is 13.7. The summed E-state index contributed by atoms with van der Waals surface area (Å²) in [6, 6.07) is 16.9. The van der Waals surface area contributed by atoms with Gasteiger partial charge in [0, 0.05) is 29.8 Å². The molecule has 2 amide bonds. The molecule has 13 nitrogen and oxygen atoms in total. The second kappa shape index (κ2) is 11.7. The summed E-state index contributed by atoms with van der Waals surface area (Å²) in [6.07, 6.45) is 7.10. The molecule has 6 heterocycles. The lowest BCUT2D eigenvalue weighted by atomic mass is 10.1. The van der Waals surface area contributed by atoms with Gasteiger partial charge < -0.3 is 14.2 Å². The standard InChI is InChI=1S/C35H29N7O6/c1-20(30-27(40-14-7-13-36-40)17-23-19-37-42(31(23)39-30)29-10-5-6-15-47-29)48-28-18-22-16-21(35(45)46-2)11-12-26(22)38-32(28)41-33(43)24-8-3-4-9-25(24)34(41)44/h3-4,7-9,11-14,16-20,29H,5-6,10,15H2,1-2H3/t20?,29-/m0/s1. The van der Waals surface area contributed by atoms with E-state index in [-0.39, 0.29) is 28.9 Å². The van der Waals surface area contributed by atoms with Crippen LogP contribution in [0.3, 0.4) is 0 Å². The van der Waals surface area contributed by atoms with Gasteiger partial charge in [-0.25, -0.2) is 29.0 Å². The first kappa shape index (κ1) is 29.5. The Labute approximate surface area is 273 Å². The Kier molecular flexibility index (Phi) is 7.17. The van der Waals surface area contributed by atoms with Crippen LogP contribution in [0.5, 0.6) is 5.75 Å². The summed E-state index contributed by atoms with van der Waals surface area (Å²) >= 11 is 0. The number of nitrogens with zero attached hydrogens (tertiary/aromatic N) is 7. The number of carbonyl (C=O) groups is 3. The Hall–Kier alpha value is -5.95. The Morgan fingerprint density at radius 3 is 2.48 bits per heavy atom. The van der Waals surface area contributed by atoms with Crippen molar-refractivity contribution >= 4 is 45.5 Å². The molecular formula is C35H29N7O6. The summed E-state index contributed by atoms with van der Waals surface area (Å²) in [4.78, 5) is 50.5. The van der Waals surface area contributed by atoms with Crippen molar-refractivity contribution in [2.45, 2.75) is 38.5 Å². The van der Waals surface area contributed by atoms with Crippen molar-refractivity contribution in [3.8, 4) is 11.4 Å². The molecule has 2 aliphatic heterocycles. The number of esters is 1. The van der Waals surface area contributed by atoms with Gasteiger partial charge in [-0.3, -0.25) is 9.59 Å². The van der Waals surface area contributed by atoms with E-state index in [1.165, 1.54) is 7.11 Å². The zero-order chi connectivity index (χ0) is 32.9. The number of fused-ring (bicyclic) bond motifs is 3. The van der Waals surface area contributed by atoms with E-state index in [1.54, 1.807) is 70.3 Å². The number of pyridine rings is 2. The van der Waals surface area contributed by atoms with E-state index in [0.29, 0.717) is 40.1 Å². The van der Waals surface area contributed by atoms with Gasteiger partial charge in [0.2, 0.25) is 0 Å². The van der Waals surface area contributed by atoms with Gasteiger partial charge in [-0.05, 0) is 74.7 Å². The first-order chi connectivity index (χ1) is 23.4. The predicted molar refractivity (Wildman–Crippen MR) is 173 cm³/mol. The average Bonchev–Trinajstić information content (AvgIpc) is 3.86. The van der Waals surface area contributed by atoms with E-state index in [0.717, 1.165) is 29.5 Å². The van der Waals surface area contributed by atoms with Crippen molar-refractivity contribution in [1.29, 1.82) is 0 Å². The highest BCUT2D eigenvalue weighted by molar-refractivity contribution is 6.34. The SMILES string of the molecule is COC(=O)c1ccc2nc(N3C(=O)c4ccccc4C3=O)c(OC(C)c3nc4c(cnn4[C@@H]4CCCCO4)cc3-n3cccn3)cc2c1. The molecule has 13 heteroatoms. The van der Waals surface area contributed by atoms with Crippen LogP contribution in [-0.4, -0.2) is 61.0 Å². The highest BCUT2D eigenvalue weighted by Crippen LogP contribution is 2.39. The molecule has 0 radical (unpaired) electrons. The van der Waals surface area contributed by atoms with E-state index >= 15 is 0 Å². The number of carbonyl (C=O) groups excluding carboxylic acids is 3. The van der Waals surface area contributed by atoms with Crippen LogP contribution in [-0.2, 0) is 9.47 Å². The minimum absolute atomic E-state index is 0.0220. The number of benzene rings is 2. The topological polar surface area (TPSA) is 144 Å². The van der Waals surface area contributed by atoms with Gasteiger partial charge in [0.05, 0.1) is 41.2 Å². The Morgan fingerprint density at radius 2 is 1.77 bits per heavy atom. The van der Waals surface area contributed by atoms with Gasteiger partial charge in [0.15, 0.2) is 23.4 Å². The third kappa shape index (κ3) is 4.86. The normalized spacial score (nSPS) is 16.8. The number of amides is 2. The minimum Gasteiger partial charge on any atom is -0.480 e. The van der Waals surface area contributed by atoms with Crippen molar-refractivity contribution in [2.24, 2.45) is 0 Å². The van der Waals surface area contributed by atoms with Crippen LogP contribution in [0.1, 0.15) is 75.3 Å². The number of hydrogen-bond donors (Lipinski definition) is 0. The summed E-state index contributed by atoms with van der Waals surface area (Å²) in [6.45, 7) is 2.47. The Morgan fingerprint density at radius 1 is 0.958 bits per heavy atom. The van der Waals surface area contributed by atoms with Crippen LogP contribution in [0.2, 0.25) is 0 Å². The van der Waals surface area contributed by atoms with Crippen LogP contribution >= 0.6 is 0 Å². The molecule has 0 aliphatic carbocycles. The lowest BCUT2D eigenvalue weighted by molar-refractivity contribution is -0.0370. The van der Waals surface area contributed by atoms with Crippen molar-refractivity contribution in [3.05, 3.63) is 102 Å². The zero-order valence-corrected chi connectivity index (χ0v) is 26.1. The second-order valence-corrected chi connectivity index (χ2v) is 11.6. The largest absolute Gasteiger partial charge is 0.480 e. The number of methoxy groups -OCH3 is 1. The summed E-state index contributed by atoms with van der Waals surface area (Å²) < 4.78 is 21.1. The molecule has 1 saturated heterocycles. The molecule has 6 aromatic rings. The molecule has 2 aliphatic rings. The molecule has 2 aromatic carbocycles. The van der Waals surface area contributed by atoms with E-state index in [1.807, 2.05) is 25.3 Å². The van der Waals surface area contributed by atoms with Gasteiger partial charge >= 0.3 is 5.97 Å². The zero-order valence-electron chi connectivity index (χ0n) is 26.1. The fourth-order valence-electron chi connectivity index (χ4n) is 6.27. The molecule has 0 N–H and O–H groups in total. The first-order valence-corrected chi connectivity index (χ1v) is 15.6. The van der Waals surface area contributed by atoms with Crippen molar-refractivity contribution in [3.63, 3.8) is 0 Å². The highest BCUT2D eigenvalue weighted by atomic mass is 16.5. The van der Waals surface area contributed by atoms with Gasteiger partial charge in [-0.2, -0.15) is 10.2 Å². The third-order valence-electron chi connectivity index (χ3n) is 8.63. The maximum atomic E-state index is 13.7. The molecule has 2 atom stereocenters. The van der Waals surface area contributed by atoms with Gasteiger partial charge in [-0.1, -0.05) is 12.1 Å². The molecule has 0 saturated carbocycles. The fourth-order valence-corrected chi connectivity index (χ4v) is 6.27. The third-order valence-corrected chi connectivity index (χ3v) is 8.63. The number of rotatable bonds is 7. The van der Waals surface area contributed by atoms with Gasteiger partial charge in [0.25, 0.3) is 11.8 Å². The number of ether oxygens (including phenoxy) is 3. The number of aromatic nitrogens is 6. The first-order valence-electron chi connectivity index (χ1n) is 15.6. The molecule has 1 unspecified atom stereocenters. The molecule has 0 spiro atoms. The molecule has 48 heavy (non-hydrogen) atoms. The quantitative estimate of drug-likeness (QED) is 0.159. The molecule has 0 bridgehead atoms. The van der Waals surface area contributed by atoms with Crippen LogP contribution in [0.15, 0.2) is 79.3 Å². The summed E-state index contributed by atoms with van der Waals surface area (Å²) in [7, 11) is 1.31. The van der Waals surface area contributed by atoms with Crippen molar-refractivity contribution in [1.82, 2.24) is 29.5 Å². The summed E-state index contributed by atoms with van der Waals surface area (Å²) in [5.41, 5.74) is 3.12. The van der Waals surface area contributed by atoms with Gasteiger partial charge in [-0.15, -0.1) is 0 Å². The smallest absolute Gasteiger partial charge is 0.337 e. The monoisotopic (exact) mass is 643 g/mol. The second-order valence-electron chi connectivity index (χ2n) is 11.6. The Bertz CT molecular complexity index is 2200. The van der Waals surface area contributed by atoms with Crippen LogP contribution < -0.4 is 9.64 Å². The summed E-state index contributed by atoms with van der Waals surface area (Å²) in [5.74, 6) is -1.38. The van der Waals surface area contributed by atoms with Crippen LogP contribution in [0.4, 0.5) is 5.82 Å². The highest BCUT2D eigenvalue weighted by Gasteiger charge is 2.39. The van der Waals surface area contributed by atoms with Crippen molar-refractivity contribution < 1.29 is 28.6 Å². The van der Waals surface area contributed by atoms with Crippen LogP contribution in [0, 0.1) is 0 Å².